The largest absolute Gasteiger partial charge is 0.390 e. The van der Waals surface area contributed by atoms with E-state index in [2.05, 4.69) is 22.9 Å². The molecule has 0 fully saturated rings. The highest BCUT2D eigenvalue weighted by Gasteiger charge is 2.25. The third-order valence-corrected chi connectivity index (χ3v) is 3.12. The summed E-state index contributed by atoms with van der Waals surface area (Å²) in [6.07, 6.45) is 0. The summed E-state index contributed by atoms with van der Waals surface area (Å²) >= 11 is 4.18. The maximum atomic E-state index is 12.0. The van der Waals surface area contributed by atoms with E-state index < -0.39 is 17.2 Å². The molecule has 6 heteroatoms. The second-order valence-corrected chi connectivity index (χ2v) is 4.59. The molecule has 0 heterocycles. The lowest BCUT2D eigenvalue weighted by molar-refractivity contribution is -0.120. The fourth-order valence-electron chi connectivity index (χ4n) is 1.61. The number of nitrogens with zero attached hydrogens (tertiary/aromatic N) is 2. The van der Waals surface area contributed by atoms with Crippen LogP contribution >= 0.6 is 12.6 Å². The van der Waals surface area contributed by atoms with Crippen molar-refractivity contribution in [3.8, 4) is 6.07 Å². The molecule has 2 atom stereocenters. The Morgan fingerprint density at radius 1 is 1.50 bits per heavy atom. The molecule has 1 aromatic carbocycles. The zero-order valence-electron chi connectivity index (χ0n) is 11.2. The molecule has 1 amide bonds. The first kappa shape index (κ1) is 16.4. The lowest BCUT2D eigenvalue weighted by atomic mass is 10.1. The summed E-state index contributed by atoms with van der Waals surface area (Å²) in [5.74, 6) is -1.61. The third kappa shape index (κ3) is 4.46. The number of thiol groups is 1. The van der Waals surface area contributed by atoms with Crippen LogP contribution in [0.4, 0.5) is 0 Å². The highest BCUT2D eigenvalue weighted by atomic mass is 32.1. The molecule has 0 aliphatic heterocycles. The molecule has 0 saturated heterocycles. The number of hydrogen-bond donors (Lipinski definition) is 3. The Hall–Kier alpha value is -1.68. The van der Waals surface area contributed by atoms with Crippen molar-refractivity contribution in [3.05, 3.63) is 35.9 Å². The minimum absolute atomic E-state index is 0.243. The average molecular weight is 291 g/mol. The highest BCUT2D eigenvalue weighted by Crippen LogP contribution is 2.11. The van der Waals surface area contributed by atoms with Crippen LogP contribution in [0.3, 0.4) is 0 Å². The topological polar surface area (TPSA) is 85.5 Å². The lowest BCUT2D eigenvalue weighted by Gasteiger charge is -2.14. The van der Waals surface area contributed by atoms with E-state index in [0.717, 1.165) is 0 Å². The van der Waals surface area contributed by atoms with Crippen molar-refractivity contribution in [2.45, 2.75) is 12.3 Å². The van der Waals surface area contributed by atoms with Gasteiger partial charge in [0.05, 0.1) is 23.8 Å². The van der Waals surface area contributed by atoms with Crippen LogP contribution in [0.2, 0.25) is 0 Å². The second-order valence-electron chi connectivity index (χ2n) is 4.03. The Morgan fingerprint density at radius 3 is 2.65 bits per heavy atom. The Bertz CT molecular complexity index is 511. The first-order valence-corrected chi connectivity index (χ1v) is 6.74. The van der Waals surface area contributed by atoms with E-state index in [1.165, 1.54) is 0 Å². The van der Waals surface area contributed by atoms with Crippen molar-refractivity contribution in [2.24, 2.45) is 10.9 Å². The smallest absolute Gasteiger partial charge is 0.265 e. The zero-order valence-corrected chi connectivity index (χ0v) is 12.0. The quantitative estimate of drug-likeness (QED) is 0.415. The van der Waals surface area contributed by atoms with Crippen molar-refractivity contribution < 1.29 is 9.90 Å². The number of carbonyl (C=O) groups excluding carboxylic acids is 1. The van der Waals surface area contributed by atoms with Crippen LogP contribution in [-0.4, -0.2) is 35.3 Å². The number of nitrogens with one attached hydrogen (secondary N) is 1. The SMILES string of the molecule is CCN[C@@H](S)C(C#N)C(=O)N=C(CO)c1ccccc1. The highest BCUT2D eigenvalue weighted by molar-refractivity contribution is 7.81. The van der Waals surface area contributed by atoms with Gasteiger partial charge in [-0.05, 0) is 12.1 Å². The number of carbonyl (C=O) groups is 1. The summed E-state index contributed by atoms with van der Waals surface area (Å²) in [7, 11) is 0. The Balaban J connectivity index is 2.95. The molecule has 5 nitrogen and oxygen atoms in total. The van der Waals surface area contributed by atoms with Gasteiger partial charge in [0.15, 0.2) is 5.92 Å². The molecule has 0 bridgehead atoms. The van der Waals surface area contributed by atoms with E-state index >= 15 is 0 Å². The van der Waals surface area contributed by atoms with Gasteiger partial charge in [-0.3, -0.25) is 4.79 Å². The van der Waals surface area contributed by atoms with Gasteiger partial charge in [0, 0.05) is 0 Å². The van der Waals surface area contributed by atoms with Crippen LogP contribution < -0.4 is 5.32 Å². The van der Waals surface area contributed by atoms with Gasteiger partial charge < -0.3 is 10.4 Å². The molecular weight excluding hydrogens is 274 g/mol. The normalized spacial score (nSPS) is 14.4. The van der Waals surface area contributed by atoms with Crippen LogP contribution in [-0.2, 0) is 4.79 Å². The summed E-state index contributed by atoms with van der Waals surface area (Å²) in [5.41, 5.74) is 0.895. The Kier molecular flexibility index (Phi) is 6.94. The minimum atomic E-state index is -0.997. The minimum Gasteiger partial charge on any atom is -0.390 e. The molecule has 106 valence electrons. The number of hydrogen-bond acceptors (Lipinski definition) is 5. The summed E-state index contributed by atoms with van der Waals surface area (Å²) < 4.78 is 0. The summed E-state index contributed by atoms with van der Waals surface area (Å²) in [5, 5.41) is 20.7. The molecule has 0 aromatic heterocycles. The van der Waals surface area contributed by atoms with Crippen LogP contribution in [0.1, 0.15) is 12.5 Å². The number of aliphatic imine (C=N–C) groups is 1. The number of nitriles is 1. The van der Waals surface area contributed by atoms with Gasteiger partial charge in [0.25, 0.3) is 5.91 Å². The van der Waals surface area contributed by atoms with E-state index in [9.17, 15) is 9.90 Å². The van der Waals surface area contributed by atoms with E-state index in [1.54, 1.807) is 24.3 Å². The van der Waals surface area contributed by atoms with Gasteiger partial charge in [-0.15, -0.1) is 0 Å². The molecule has 0 radical (unpaired) electrons. The molecule has 1 aromatic rings. The maximum absolute atomic E-state index is 12.0. The Morgan fingerprint density at radius 2 is 2.15 bits per heavy atom. The van der Waals surface area contributed by atoms with Crippen molar-refractivity contribution in [2.75, 3.05) is 13.2 Å². The van der Waals surface area contributed by atoms with E-state index in [0.29, 0.717) is 12.1 Å². The summed E-state index contributed by atoms with van der Waals surface area (Å²) in [6, 6.07) is 10.8. The third-order valence-electron chi connectivity index (χ3n) is 2.64. The molecule has 1 unspecified atom stereocenters. The van der Waals surface area contributed by atoms with Crippen LogP contribution in [0.15, 0.2) is 35.3 Å². The number of aliphatic hydroxyl groups is 1. The number of benzene rings is 1. The molecule has 2 N–H and O–H groups in total. The zero-order chi connectivity index (χ0) is 15.0. The van der Waals surface area contributed by atoms with Gasteiger partial charge in [-0.1, -0.05) is 37.3 Å². The van der Waals surface area contributed by atoms with Crippen LogP contribution in [0.5, 0.6) is 0 Å². The molecule has 0 aliphatic carbocycles. The average Bonchev–Trinajstić information content (AvgIpc) is 2.46. The second kappa shape index (κ2) is 8.48. The predicted octanol–water partition coefficient (Wildman–Crippen LogP) is 1.000. The van der Waals surface area contributed by atoms with Crippen molar-refractivity contribution >= 4 is 24.2 Å². The number of amides is 1. The lowest BCUT2D eigenvalue weighted by Crippen LogP contribution is -2.35. The maximum Gasteiger partial charge on any atom is 0.265 e. The Labute approximate surface area is 123 Å². The number of aliphatic hydroxyl groups excluding tert-OH is 1. The van der Waals surface area contributed by atoms with E-state index in [4.69, 9.17) is 5.26 Å². The molecule has 1 rings (SSSR count). The summed E-state index contributed by atoms with van der Waals surface area (Å²) in [6.45, 7) is 2.08. The fraction of sp³-hybridized carbons (Fsp3) is 0.357. The van der Waals surface area contributed by atoms with Crippen molar-refractivity contribution in [1.29, 1.82) is 5.26 Å². The first-order chi connectivity index (χ1) is 9.63. The van der Waals surface area contributed by atoms with Gasteiger partial charge in [0.2, 0.25) is 0 Å². The van der Waals surface area contributed by atoms with Crippen molar-refractivity contribution in [3.63, 3.8) is 0 Å². The van der Waals surface area contributed by atoms with E-state index in [1.807, 2.05) is 19.1 Å². The summed E-state index contributed by atoms with van der Waals surface area (Å²) in [4.78, 5) is 15.9. The monoisotopic (exact) mass is 291 g/mol. The van der Waals surface area contributed by atoms with Crippen LogP contribution in [0.25, 0.3) is 0 Å². The predicted molar refractivity (Wildman–Crippen MR) is 80.6 cm³/mol. The fourth-order valence-corrected chi connectivity index (χ4v) is 1.99. The van der Waals surface area contributed by atoms with Crippen molar-refractivity contribution in [1.82, 2.24) is 5.32 Å². The molecule has 0 saturated carbocycles. The molecule has 20 heavy (non-hydrogen) atoms. The van der Waals surface area contributed by atoms with Gasteiger partial charge in [0.1, 0.15) is 0 Å². The first-order valence-electron chi connectivity index (χ1n) is 6.22. The van der Waals surface area contributed by atoms with E-state index in [-0.39, 0.29) is 12.3 Å². The molecule has 0 spiro atoms. The molecule has 0 aliphatic rings. The van der Waals surface area contributed by atoms with Gasteiger partial charge in [-0.2, -0.15) is 17.9 Å². The standard InChI is InChI=1S/C14H17N3O2S/c1-2-16-14(20)11(8-15)13(19)17-12(9-18)10-6-4-3-5-7-10/h3-7,11,14,16,18,20H,2,9H2,1H3/t11?,14-/m0/s1. The van der Waals surface area contributed by atoms with Crippen LogP contribution in [0, 0.1) is 17.2 Å². The van der Waals surface area contributed by atoms with Gasteiger partial charge in [-0.25, -0.2) is 4.99 Å². The van der Waals surface area contributed by atoms with Gasteiger partial charge >= 0.3 is 0 Å². The molecular formula is C14H17N3O2S. The number of rotatable bonds is 6.